The fourth-order valence-electron chi connectivity index (χ4n) is 2.67. The molecule has 0 amide bonds. The van der Waals surface area contributed by atoms with Gasteiger partial charge in [-0.15, -0.1) is 0 Å². The van der Waals surface area contributed by atoms with Gasteiger partial charge in [-0.1, -0.05) is 0 Å². The second-order valence-corrected chi connectivity index (χ2v) is 7.80. The first-order valence-electron chi connectivity index (χ1n) is 7.36. The van der Waals surface area contributed by atoms with Crippen LogP contribution >= 0.6 is 0 Å². The molecule has 0 radical (unpaired) electrons. The predicted molar refractivity (Wildman–Crippen MR) is 83.5 cm³/mol. The lowest BCUT2D eigenvalue weighted by molar-refractivity contribution is 0.0737. The van der Waals surface area contributed by atoms with E-state index in [0.717, 1.165) is 10.4 Å². The lowest BCUT2D eigenvalue weighted by Gasteiger charge is -2.17. The van der Waals surface area contributed by atoms with Crippen molar-refractivity contribution in [3.63, 3.8) is 0 Å². The molecular weight excluding hydrogens is 337 g/mol. The SMILES string of the molecule is Cc1cc(F)cc(S(=O)(=O)N2C[C@@H](O)[C@H](Oc3cnn(C)c3)C2)c1. The molecule has 3 rings (SSSR count). The van der Waals surface area contributed by atoms with Crippen LogP contribution in [0.3, 0.4) is 0 Å². The van der Waals surface area contributed by atoms with Crippen molar-refractivity contribution in [3.8, 4) is 5.75 Å². The van der Waals surface area contributed by atoms with Crippen LogP contribution in [0.15, 0.2) is 35.5 Å². The minimum Gasteiger partial charge on any atom is -0.483 e. The number of aryl methyl sites for hydroxylation is 2. The van der Waals surface area contributed by atoms with Gasteiger partial charge in [-0.2, -0.15) is 9.40 Å². The van der Waals surface area contributed by atoms with Crippen LogP contribution in [0.5, 0.6) is 5.75 Å². The molecule has 2 heterocycles. The van der Waals surface area contributed by atoms with Crippen LogP contribution in [0.1, 0.15) is 5.56 Å². The van der Waals surface area contributed by atoms with Crippen LogP contribution in [-0.2, 0) is 17.1 Å². The van der Waals surface area contributed by atoms with Gasteiger partial charge in [-0.3, -0.25) is 4.68 Å². The van der Waals surface area contributed by atoms with Gasteiger partial charge in [0.05, 0.1) is 23.8 Å². The highest BCUT2D eigenvalue weighted by atomic mass is 32.2. The molecule has 9 heteroatoms. The van der Waals surface area contributed by atoms with Crippen molar-refractivity contribution in [2.24, 2.45) is 7.05 Å². The number of aliphatic hydroxyl groups excluding tert-OH is 1. The Labute approximate surface area is 139 Å². The largest absolute Gasteiger partial charge is 0.483 e. The summed E-state index contributed by atoms with van der Waals surface area (Å²) in [6.45, 7) is 1.49. The Morgan fingerprint density at radius 3 is 2.71 bits per heavy atom. The highest BCUT2D eigenvalue weighted by Crippen LogP contribution is 2.25. The van der Waals surface area contributed by atoms with Crippen LogP contribution in [0.2, 0.25) is 0 Å². The van der Waals surface area contributed by atoms with E-state index in [4.69, 9.17) is 4.74 Å². The Bertz CT molecular complexity index is 832. The molecule has 1 fully saturated rings. The van der Waals surface area contributed by atoms with Crippen LogP contribution < -0.4 is 4.74 Å². The Kier molecular flexibility index (Phi) is 4.33. The molecule has 0 bridgehead atoms. The number of aliphatic hydroxyl groups is 1. The molecule has 0 aliphatic carbocycles. The summed E-state index contributed by atoms with van der Waals surface area (Å²) in [5.74, 6) is -0.168. The first-order valence-corrected chi connectivity index (χ1v) is 8.80. The number of nitrogens with zero attached hydrogens (tertiary/aromatic N) is 3. The molecule has 0 saturated carbocycles. The van der Waals surface area contributed by atoms with Gasteiger partial charge in [-0.05, 0) is 30.7 Å². The molecular formula is C15H18FN3O4S. The van der Waals surface area contributed by atoms with Crippen LogP contribution in [0.25, 0.3) is 0 Å². The average molecular weight is 355 g/mol. The zero-order chi connectivity index (χ0) is 17.5. The monoisotopic (exact) mass is 355 g/mol. The maximum absolute atomic E-state index is 13.5. The van der Waals surface area contributed by atoms with Crippen molar-refractivity contribution in [2.45, 2.75) is 24.0 Å². The summed E-state index contributed by atoms with van der Waals surface area (Å²) in [5, 5.41) is 14.1. The third kappa shape index (κ3) is 3.28. The highest BCUT2D eigenvalue weighted by molar-refractivity contribution is 7.89. The Morgan fingerprint density at radius 1 is 1.33 bits per heavy atom. The number of ether oxygens (including phenoxy) is 1. The fraction of sp³-hybridized carbons (Fsp3) is 0.400. The van der Waals surface area contributed by atoms with Crippen molar-refractivity contribution in [3.05, 3.63) is 42.0 Å². The van der Waals surface area contributed by atoms with Gasteiger partial charge in [0, 0.05) is 13.6 Å². The topological polar surface area (TPSA) is 84.7 Å². The quantitative estimate of drug-likeness (QED) is 0.872. The second kappa shape index (κ2) is 6.15. The second-order valence-electron chi connectivity index (χ2n) is 5.86. The molecule has 2 atom stereocenters. The predicted octanol–water partition coefficient (Wildman–Crippen LogP) is 0.680. The molecule has 0 spiro atoms. The molecule has 1 saturated heterocycles. The number of hydrogen-bond acceptors (Lipinski definition) is 5. The van der Waals surface area contributed by atoms with E-state index in [-0.39, 0.29) is 18.0 Å². The fourth-order valence-corrected chi connectivity index (χ4v) is 4.26. The number of halogens is 1. The molecule has 1 N–H and O–H groups in total. The number of sulfonamides is 1. The van der Waals surface area contributed by atoms with Crippen molar-refractivity contribution < 1.29 is 22.7 Å². The number of rotatable bonds is 4. The van der Waals surface area contributed by atoms with Gasteiger partial charge in [-0.25, -0.2) is 12.8 Å². The van der Waals surface area contributed by atoms with E-state index in [2.05, 4.69) is 5.10 Å². The zero-order valence-corrected chi connectivity index (χ0v) is 14.1. The minimum absolute atomic E-state index is 0.0199. The van der Waals surface area contributed by atoms with Crippen molar-refractivity contribution >= 4 is 10.0 Å². The smallest absolute Gasteiger partial charge is 0.243 e. The number of hydrogen-bond donors (Lipinski definition) is 1. The number of β-amino-alcohol motifs (C(OH)–C–C–N with tert-alkyl or cyclic N) is 1. The number of benzene rings is 1. The Hall–Kier alpha value is -1.97. The van der Waals surface area contributed by atoms with E-state index < -0.39 is 28.0 Å². The first kappa shape index (κ1) is 16.9. The molecule has 1 aliphatic heterocycles. The standard InChI is InChI=1S/C15H18FN3O4S/c1-10-3-11(16)5-13(4-10)24(21,22)19-8-14(20)15(9-19)23-12-6-17-18(2)7-12/h3-7,14-15,20H,8-9H2,1-2H3/t14-,15-/m1/s1. The van der Waals surface area contributed by atoms with Crippen LogP contribution in [0.4, 0.5) is 4.39 Å². The van der Waals surface area contributed by atoms with Crippen molar-refractivity contribution in [1.29, 1.82) is 0 Å². The Balaban J connectivity index is 1.80. The zero-order valence-electron chi connectivity index (χ0n) is 13.3. The summed E-state index contributed by atoms with van der Waals surface area (Å²) in [4.78, 5) is -0.130. The van der Waals surface area contributed by atoms with Gasteiger partial charge < -0.3 is 9.84 Å². The molecule has 1 aromatic heterocycles. The maximum atomic E-state index is 13.5. The van der Waals surface area contributed by atoms with E-state index >= 15 is 0 Å². The average Bonchev–Trinajstić information content (AvgIpc) is 3.05. The summed E-state index contributed by atoms with van der Waals surface area (Å²) in [7, 11) is -2.18. The molecule has 1 aromatic carbocycles. The van der Waals surface area contributed by atoms with E-state index in [9.17, 15) is 17.9 Å². The lowest BCUT2D eigenvalue weighted by Crippen LogP contribution is -2.31. The van der Waals surface area contributed by atoms with Crippen LogP contribution in [0, 0.1) is 12.7 Å². The van der Waals surface area contributed by atoms with Gasteiger partial charge in [0.25, 0.3) is 0 Å². The van der Waals surface area contributed by atoms with Gasteiger partial charge in [0.1, 0.15) is 18.0 Å². The third-order valence-electron chi connectivity index (χ3n) is 3.83. The van der Waals surface area contributed by atoms with Gasteiger partial charge >= 0.3 is 0 Å². The van der Waals surface area contributed by atoms with E-state index in [0.29, 0.717) is 11.3 Å². The molecule has 1 aliphatic rings. The molecule has 2 aromatic rings. The third-order valence-corrected chi connectivity index (χ3v) is 5.63. The van der Waals surface area contributed by atoms with E-state index in [1.54, 1.807) is 24.9 Å². The van der Waals surface area contributed by atoms with E-state index in [1.165, 1.54) is 18.3 Å². The van der Waals surface area contributed by atoms with Crippen LogP contribution in [-0.4, -0.2) is 52.9 Å². The maximum Gasteiger partial charge on any atom is 0.243 e. The summed E-state index contributed by atoms with van der Waals surface area (Å²) in [6, 6.07) is 3.64. The molecule has 7 nitrogen and oxygen atoms in total. The summed E-state index contributed by atoms with van der Waals surface area (Å²) in [5.41, 5.74) is 0.511. The van der Waals surface area contributed by atoms with Crippen molar-refractivity contribution in [1.82, 2.24) is 14.1 Å². The van der Waals surface area contributed by atoms with Gasteiger partial charge in [0.15, 0.2) is 5.75 Å². The number of aromatic nitrogens is 2. The van der Waals surface area contributed by atoms with Gasteiger partial charge in [0.2, 0.25) is 10.0 Å². The van der Waals surface area contributed by atoms with E-state index in [1.807, 2.05) is 0 Å². The normalized spacial score (nSPS) is 22.0. The minimum atomic E-state index is -3.90. The molecule has 24 heavy (non-hydrogen) atoms. The summed E-state index contributed by atoms with van der Waals surface area (Å²) in [6.07, 6.45) is 1.42. The summed E-state index contributed by atoms with van der Waals surface area (Å²) >= 11 is 0. The Morgan fingerprint density at radius 2 is 2.08 bits per heavy atom. The first-order chi connectivity index (χ1) is 11.3. The lowest BCUT2D eigenvalue weighted by atomic mass is 10.2. The molecule has 0 unspecified atom stereocenters. The molecule has 130 valence electrons. The summed E-state index contributed by atoms with van der Waals surface area (Å²) < 4.78 is 47.1. The highest BCUT2D eigenvalue weighted by Gasteiger charge is 2.40. The van der Waals surface area contributed by atoms with Crippen molar-refractivity contribution in [2.75, 3.05) is 13.1 Å².